The van der Waals surface area contributed by atoms with Crippen LogP contribution >= 0.6 is 11.6 Å². The molecule has 1 saturated heterocycles. The first-order chi connectivity index (χ1) is 14.7. The minimum atomic E-state index is -4.72. The molecule has 0 aromatic heterocycles. The zero-order chi connectivity index (χ0) is 22.3. The van der Waals surface area contributed by atoms with Crippen molar-refractivity contribution in [2.24, 2.45) is 0 Å². The van der Waals surface area contributed by atoms with Crippen molar-refractivity contribution in [1.29, 1.82) is 0 Å². The first-order valence-electron chi connectivity index (χ1n) is 8.93. The molecule has 0 radical (unpaired) electrons. The summed E-state index contributed by atoms with van der Waals surface area (Å²) >= 11 is 5.99. The number of benzene rings is 3. The van der Waals surface area contributed by atoms with Crippen LogP contribution in [0.1, 0.15) is 11.1 Å². The van der Waals surface area contributed by atoms with Crippen molar-refractivity contribution >= 4 is 52.0 Å². The molecule has 1 aliphatic heterocycles. The monoisotopic (exact) mass is 444 g/mol. The largest absolute Gasteiger partial charge is 0.416 e. The lowest BCUT2D eigenvalue weighted by Crippen LogP contribution is -2.54. The van der Waals surface area contributed by atoms with Crippen LogP contribution in [-0.4, -0.2) is 17.8 Å². The minimum Gasteiger partial charge on any atom is -0.273 e. The number of amides is 4. The molecule has 9 heteroatoms. The van der Waals surface area contributed by atoms with Gasteiger partial charge in [-0.2, -0.15) is 13.2 Å². The third kappa shape index (κ3) is 3.77. The van der Waals surface area contributed by atoms with Crippen LogP contribution in [0.15, 0.2) is 66.2 Å². The predicted molar refractivity (Wildman–Crippen MR) is 109 cm³/mol. The number of halogens is 4. The predicted octanol–water partition coefficient (Wildman–Crippen LogP) is 5.18. The summed E-state index contributed by atoms with van der Waals surface area (Å²) < 4.78 is 39.4. The maximum atomic E-state index is 13.1. The molecule has 0 atom stereocenters. The molecule has 5 nitrogen and oxygen atoms in total. The Balaban J connectivity index is 1.83. The molecule has 0 aliphatic carbocycles. The topological polar surface area (TPSA) is 66.5 Å². The van der Waals surface area contributed by atoms with Crippen LogP contribution in [0.4, 0.5) is 23.7 Å². The Morgan fingerprint density at radius 1 is 0.935 bits per heavy atom. The molecule has 0 spiro atoms. The zero-order valence-corrected chi connectivity index (χ0v) is 16.3. The lowest BCUT2D eigenvalue weighted by Gasteiger charge is -2.27. The molecule has 0 unspecified atom stereocenters. The molecule has 4 rings (SSSR count). The molecule has 1 N–H and O–H groups in total. The smallest absolute Gasteiger partial charge is 0.273 e. The lowest BCUT2D eigenvalue weighted by molar-refractivity contribution is -0.137. The third-order valence-corrected chi connectivity index (χ3v) is 5.06. The molecule has 1 fully saturated rings. The van der Waals surface area contributed by atoms with Crippen molar-refractivity contribution in [2.45, 2.75) is 6.18 Å². The highest BCUT2D eigenvalue weighted by Gasteiger charge is 2.39. The Kier molecular flexibility index (Phi) is 5.02. The van der Waals surface area contributed by atoms with Crippen molar-refractivity contribution in [1.82, 2.24) is 5.32 Å². The van der Waals surface area contributed by atoms with Gasteiger partial charge in [0.1, 0.15) is 5.57 Å². The summed E-state index contributed by atoms with van der Waals surface area (Å²) in [6.07, 6.45) is -3.42. The number of anilines is 1. The molecule has 0 bridgehead atoms. The Morgan fingerprint density at radius 2 is 1.65 bits per heavy atom. The summed E-state index contributed by atoms with van der Waals surface area (Å²) in [5.41, 5.74) is -1.45. The van der Waals surface area contributed by atoms with Gasteiger partial charge in [-0.3, -0.25) is 14.9 Å². The summed E-state index contributed by atoms with van der Waals surface area (Å²) in [7, 11) is 0. The van der Waals surface area contributed by atoms with Crippen LogP contribution < -0.4 is 10.2 Å². The molecular weight excluding hydrogens is 433 g/mol. The van der Waals surface area contributed by atoms with Gasteiger partial charge in [-0.1, -0.05) is 54.1 Å². The Morgan fingerprint density at radius 3 is 2.39 bits per heavy atom. The number of carbonyl (C=O) groups excluding carboxylic acids is 3. The van der Waals surface area contributed by atoms with E-state index in [9.17, 15) is 27.6 Å². The summed E-state index contributed by atoms with van der Waals surface area (Å²) in [6.45, 7) is 0. The van der Waals surface area contributed by atoms with Crippen molar-refractivity contribution in [3.8, 4) is 0 Å². The van der Waals surface area contributed by atoms with Gasteiger partial charge in [0.2, 0.25) is 0 Å². The van der Waals surface area contributed by atoms with Crippen LogP contribution in [0, 0.1) is 0 Å². The van der Waals surface area contributed by atoms with Crippen molar-refractivity contribution < 1.29 is 27.6 Å². The summed E-state index contributed by atoms with van der Waals surface area (Å²) in [5.74, 6) is -2.04. The van der Waals surface area contributed by atoms with Gasteiger partial charge in [-0.05, 0) is 40.6 Å². The minimum absolute atomic E-state index is 0.254. The normalized spacial score (nSPS) is 16.2. The molecule has 156 valence electrons. The second-order valence-electron chi connectivity index (χ2n) is 6.69. The quantitative estimate of drug-likeness (QED) is 0.437. The van der Waals surface area contributed by atoms with Gasteiger partial charge in [-0.25, -0.2) is 9.69 Å². The van der Waals surface area contributed by atoms with Gasteiger partial charge in [0.05, 0.1) is 16.3 Å². The number of urea groups is 1. The molecule has 4 amide bonds. The SMILES string of the molecule is O=C1NC(=O)N(c2cc(C(F)(F)F)ccc2Cl)C(=O)/C1=C/c1cccc2ccccc12. The molecule has 31 heavy (non-hydrogen) atoms. The van der Waals surface area contributed by atoms with Crippen LogP contribution in [-0.2, 0) is 15.8 Å². The number of imide groups is 2. The van der Waals surface area contributed by atoms with E-state index >= 15 is 0 Å². The van der Waals surface area contributed by atoms with Gasteiger partial charge < -0.3 is 0 Å². The van der Waals surface area contributed by atoms with Crippen LogP contribution in [0.5, 0.6) is 0 Å². The van der Waals surface area contributed by atoms with Crippen molar-refractivity contribution in [3.63, 3.8) is 0 Å². The molecule has 1 heterocycles. The number of hydrogen-bond donors (Lipinski definition) is 1. The van der Waals surface area contributed by atoms with E-state index in [4.69, 9.17) is 11.6 Å². The van der Waals surface area contributed by atoms with Crippen LogP contribution in [0.2, 0.25) is 5.02 Å². The molecule has 3 aromatic rings. The second kappa shape index (κ2) is 7.55. The van der Waals surface area contributed by atoms with Gasteiger partial charge in [-0.15, -0.1) is 0 Å². The Bertz CT molecular complexity index is 1280. The number of fused-ring (bicyclic) bond motifs is 1. The Hall–Kier alpha value is -3.65. The van der Waals surface area contributed by atoms with E-state index in [-0.39, 0.29) is 5.02 Å². The Labute approximate surface area is 178 Å². The van der Waals surface area contributed by atoms with Crippen molar-refractivity contribution in [2.75, 3.05) is 4.90 Å². The van der Waals surface area contributed by atoms with E-state index in [1.54, 1.807) is 24.3 Å². The van der Waals surface area contributed by atoms with Crippen molar-refractivity contribution in [3.05, 3.63) is 82.4 Å². The maximum absolute atomic E-state index is 13.1. The fourth-order valence-electron chi connectivity index (χ4n) is 3.27. The summed E-state index contributed by atoms with van der Waals surface area (Å²) in [6, 6.07) is 13.6. The first-order valence-corrected chi connectivity index (χ1v) is 9.30. The number of alkyl halides is 3. The molecule has 3 aromatic carbocycles. The van der Waals surface area contributed by atoms with Crippen LogP contribution in [0.25, 0.3) is 16.8 Å². The van der Waals surface area contributed by atoms with Gasteiger partial charge in [0.25, 0.3) is 11.8 Å². The van der Waals surface area contributed by atoms with E-state index in [0.717, 1.165) is 22.9 Å². The zero-order valence-electron chi connectivity index (χ0n) is 15.5. The summed E-state index contributed by atoms with van der Waals surface area (Å²) in [5, 5.41) is 3.33. The highest BCUT2D eigenvalue weighted by molar-refractivity contribution is 6.42. The standard InChI is InChI=1S/C22H12ClF3N2O3/c23-17-9-8-14(22(24,25)26)11-18(17)28-20(30)16(19(29)27-21(28)31)10-13-6-3-5-12-4-1-2-7-15(12)13/h1-11H,(H,27,29,31)/b16-10+. The van der Waals surface area contributed by atoms with Gasteiger partial charge in [0, 0.05) is 0 Å². The number of carbonyl (C=O) groups is 3. The fourth-order valence-corrected chi connectivity index (χ4v) is 3.47. The van der Waals surface area contributed by atoms with E-state index < -0.39 is 40.8 Å². The second-order valence-corrected chi connectivity index (χ2v) is 7.10. The van der Waals surface area contributed by atoms with E-state index in [0.29, 0.717) is 16.5 Å². The van der Waals surface area contributed by atoms with E-state index in [1.807, 2.05) is 23.5 Å². The average molecular weight is 445 g/mol. The fraction of sp³-hybridized carbons (Fsp3) is 0.0455. The molecule has 1 aliphatic rings. The van der Waals surface area contributed by atoms with Gasteiger partial charge >= 0.3 is 12.2 Å². The number of barbiturate groups is 1. The number of nitrogens with one attached hydrogen (secondary N) is 1. The lowest BCUT2D eigenvalue weighted by atomic mass is 10.0. The highest BCUT2D eigenvalue weighted by atomic mass is 35.5. The maximum Gasteiger partial charge on any atom is 0.416 e. The van der Waals surface area contributed by atoms with E-state index in [1.165, 1.54) is 6.08 Å². The number of nitrogens with zero attached hydrogens (tertiary/aromatic N) is 1. The van der Waals surface area contributed by atoms with E-state index in [2.05, 4.69) is 0 Å². The molecular formula is C22H12ClF3N2O3. The average Bonchev–Trinajstić information content (AvgIpc) is 2.71. The van der Waals surface area contributed by atoms with Crippen LogP contribution in [0.3, 0.4) is 0 Å². The first kappa shape index (κ1) is 20.6. The number of hydrogen-bond acceptors (Lipinski definition) is 3. The third-order valence-electron chi connectivity index (χ3n) is 4.74. The highest BCUT2D eigenvalue weighted by Crippen LogP contribution is 2.36. The molecule has 0 saturated carbocycles. The number of rotatable bonds is 2. The summed E-state index contributed by atoms with van der Waals surface area (Å²) in [4.78, 5) is 38.2. The van der Waals surface area contributed by atoms with Gasteiger partial charge in [0.15, 0.2) is 0 Å².